The lowest BCUT2D eigenvalue weighted by Crippen LogP contribution is -2.27. The summed E-state index contributed by atoms with van der Waals surface area (Å²) >= 11 is 0. The van der Waals surface area contributed by atoms with Crippen LogP contribution in [0.4, 0.5) is 3.89 Å². The molecule has 0 N–H and O–H groups in total. The molecule has 0 aliphatic carbocycles. The lowest BCUT2D eigenvalue weighted by Gasteiger charge is -2.18. The molecule has 0 aromatic heterocycles. The van der Waals surface area contributed by atoms with Gasteiger partial charge in [0, 0.05) is 19.5 Å². The molecule has 1 fully saturated rings. The van der Waals surface area contributed by atoms with Crippen LogP contribution in [-0.2, 0) is 21.6 Å². The fraction of sp³-hybridized carbons (Fsp3) is 0.462. The molecule has 0 spiro atoms. The summed E-state index contributed by atoms with van der Waals surface area (Å²) in [6.45, 7) is 4.14. The number of amides is 1. The molecular weight excluding hydrogens is 269 g/mol. The maximum absolute atomic E-state index is 12.9. The molecule has 6 heteroatoms. The van der Waals surface area contributed by atoms with E-state index in [1.54, 1.807) is 0 Å². The van der Waals surface area contributed by atoms with Crippen LogP contribution in [0, 0.1) is 13.8 Å². The predicted octanol–water partition coefficient (Wildman–Crippen LogP) is 1.70. The molecule has 2 rings (SSSR count). The summed E-state index contributed by atoms with van der Waals surface area (Å²) in [7, 11) is -4.64. The Labute approximate surface area is 112 Å². The van der Waals surface area contributed by atoms with E-state index in [-0.39, 0.29) is 18.9 Å². The highest BCUT2D eigenvalue weighted by atomic mass is 32.3. The van der Waals surface area contributed by atoms with Crippen LogP contribution in [0.25, 0.3) is 0 Å². The van der Waals surface area contributed by atoms with Crippen LogP contribution >= 0.6 is 0 Å². The number of carbonyl (C=O) groups is 1. The van der Waals surface area contributed by atoms with E-state index in [2.05, 4.69) is 0 Å². The van der Waals surface area contributed by atoms with Crippen LogP contribution in [0.2, 0.25) is 0 Å². The lowest BCUT2D eigenvalue weighted by atomic mass is 10.1. The van der Waals surface area contributed by atoms with Crippen molar-refractivity contribution in [2.75, 3.05) is 6.54 Å². The Bertz CT molecular complexity index is 612. The SMILES string of the molecule is Cc1ccc(C)c(CN2CC(S(=O)(=O)F)CC2=O)c1. The third-order valence-corrected chi connectivity index (χ3v) is 4.56. The van der Waals surface area contributed by atoms with Gasteiger partial charge in [0.15, 0.2) is 0 Å². The number of likely N-dealkylation sites (tertiary alicyclic amines) is 1. The average Bonchev–Trinajstić information content (AvgIpc) is 2.65. The molecule has 1 atom stereocenters. The van der Waals surface area contributed by atoms with Crippen molar-refractivity contribution in [3.8, 4) is 0 Å². The van der Waals surface area contributed by atoms with Gasteiger partial charge in [0.2, 0.25) is 5.91 Å². The monoisotopic (exact) mass is 285 g/mol. The Hall–Kier alpha value is -1.43. The number of hydrogen-bond donors (Lipinski definition) is 0. The quantitative estimate of drug-likeness (QED) is 0.794. The standard InChI is InChI=1S/C13H16FNO3S/c1-9-3-4-10(2)11(5-9)7-15-8-12(6-13(15)16)19(14,17)18/h3-5,12H,6-8H2,1-2H3. The van der Waals surface area contributed by atoms with Crippen molar-refractivity contribution in [2.24, 2.45) is 0 Å². The number of rotatable bonds is 3. The third kappa shape index (κ3) is 3.12. The zero-order valence-electron chi connectivity index (χ0n) is 10.9. The first-order valence-corrected chi connectivity index (χ1v) is 7.49. The number of halogens is 1. The van der Waals surface area contributed by atoms with E-state index in [4.69, 9.17) is 0 Å². The van der Waals surface area contributed by atoms with Crippen molar-refractivity contribution < 1.29 is 17.1 Å². The Morgan fingerprint density at radius 2 is 2.05 bits per heavy atom. The van der Waals surface area contributed by atoms with Crippen LogP contribution in [0.1, 0.15) is 23.1 Å². The molecule has 1 aliphatic rings. The first kappa shape index (κ1) is 14.0. The zero-order chi connectivity index (χ0) is 14.2. The largest absolute Gasteiger partial charge is 0.337 e. The molecule has 1 amide bonds. The number of carbonyl (C=O) groups excluding carboxylic acids is 1. The van der Waals surface area contributed by atoms with Crippen LogP contribution in [0.3, 0.4) is 0 Å². The topological polar surface area (TPSA) is 54.5 Å². The maximum atomic E-state index is 12.9. The highest BCUT2D eigenvalue weighted by molar-refractivity contribution is 7.87. The second-order valence-electron chi connectivity index (χ2n) is 5.01. The van der Waals surface area contributed by atoms with Crippen molar-refractivity contribution in [3.63, 3.8) is 0 Å². The fourth-order valence-corrected chi connectivity index (χ4v) is 2.95. The van der Waals surface area contributed by atoms with Crippen LogP contribution < -0.4 is 0 Å². The molecule has 1 aliphatic heterocycles. The van der Waals surface area contributed by atoms with E-state index in [9.17, 15) is 17.1 Å². The van der Waals surface area contributed by atoms with Crippen molar-refractivity contribution in [1.29, 1.82) is 0 Å². The van der Waals surface area contributed by atoms with Crippen LogP contribution in [-0.4, -0.2) is 31.0 Å². The molecule has 104 valence electrons. The first-order chi connectivity index (χ1) is 8.77. The highest BCUT2D eigenvalue weighted by Crippen LogP contribution is 2.23. The lowest BCUT2D eigenvalue weighted by molar-refractivity contribution is -0.128. The number of nitrogens with zero attached hydrogens (tertiary/aromatic N) is 1. The minimum atomic E-state index is -4.64. The number of aryl methyl sites for hydroxylation is 2. The van der Waals surface area contributed by atoms with E-state index >= 15 is 0 Å². The average molecular weight is 285 g/mol. The van der Waals surface area contributed by atoms with E-state index in [1.165, 1.54) is 4.90 Å². The summed E-state index contributed by atoms with van der Waals surface area (Å²) in [6, 6.07) is 5.88. The summed E-state index contributed by atoms with van der Waals surface area (Å²) < 4.78 is 34.6. The van der Waals surface area contributed by atoms with Gasteiger partial charge in [0.25, 0.3) is 0 Å². The second-order valence-corrected chi connectivity index (χ2v) is 6.62. The Morgan fingerprint density at radius 1 is 1.37 bits per heavy atom. The highest BCUT2D eigenvalue weighted by Gasteiger charge is 2.38. The number of hydrogen-bond acceptors (Lipinski definition) is 3. The van der Waals surface area contributed by atoms with Crippen LogP contribution in [0.5, 0.6) is 0 Å². The van der Waals surface area contributed by atoms with E-state index in [0.717, 1.165) is 16.7 Å². The first-order valence-electron chi connectivity index (χ1n) is 6.05. The van der Waals surface area contributed by atoms with Gasteiger partial charge in [-0.25, -0.2) is 0 Å². The molecule has 1 saturated heterocycles. The minimum absolute atomic E-state index is 0.0644. The van der Waals surface area contributed by atoms with E-state index in [0.29, 0.717) is 6.54 Å². The third-order valence-electron chi connectivity index (χ3n) is 3.44. The van der Waals surface area contributed by atoms with Gasteiger partial charge >= 0.3 is 10.2 Å². The van der Waals surface area contributed by atoms with Crippen molar-refractivity contribution >= 4 is 16.1 Å². The maximum Gasteiger partial charge on any atom is 0.307 e. The Kier molecular flexibility index (Phi) is 3.62. The van der Waals surface area contributed by atoms with Crippen molar-refractivity contribution in [1.82, 2.24) is 4.90 Å². The summed E-state index contributed by atoms with van der Waals surface area (Å²) in [6.07, 6.45) is -0.260. The Balaban J connectivity index is 2.16. The van der Waals surface area contributed by atoms with Gasteiger partial charge in [-0.15, -0.1) is 3.89 Å². The van der Waals surface area contributed by atoms with E-state index < -0.39 is 15.5 Å². The fourth-order valence-electron chi connectivity index (χ4n) is 2.25. The zero-order valence-corrected chi connectivity index (χ0v) is 11.7. The molecule has 0 saturated carbocycles. The molecule has 0 bridgehead atoms. The summed E-state index contributed by atoms with van der Waals surface area (Å²) in [4.78, 5) is 13.1. The van der Waals surface area contributed by atoms with Crippen LogP contribution in [0.15, 0.2) is 18.2 Å². The molecule has 1 unspecified atom stereocenters. The minimum Gasteiger partial charge on any atom is -0.337 e. The normalized spacial score (nSPS) is 20.1. The van der Waals surface area contributed by atoms with Crippen molar-refractivity contribution in [2.45, 2.75) is 32.1 Å². The number of benzene rings is 1. The van der Waals surface area contributed by atoms with Gasteiger partial charge in [-0.05, 0) is 25.0 Å². The molecule has 4 nitrogen and oxygen atoms in total. The summed E-state index contributed by atoms with van der Waals surface area (Å²) in [5, 5.41) is -1.22. The van der Waals surface area contributed by atoms with E-state index in [1.807, 2.05) is 32.0 Å². The molecular formula is C13H16FNO3S. The van der Waals surface area contributed by atoms with Gasteiger partial charge in [0.1, 0.15) is 5.25 Å². The predicted molar refractivity (Wildman–Crippen MR) is 69.8 cm³/mol. The Morgan fingerprint density at radius 3 is 2.63 bits per heavy atom. The van der Waals surface area contributed by atoms with Gasteiger partial charge < -0.3 is 4.90 Å². The molecule has 1 aromatic carbocycles. The van der Waals surface area contributed by atoms with Gasteiger partial charge in [-0.3, -0.25) is 4.79 Å². The summed E-state index contributed by atoms with van der Waals surface area (Å²) in [5.74, 6) is -0.313. The molecule has 0 radical (unpaired) electrons. The van der Waals surface area contributed by atoms with Gasteiger partial charge in [-0.1, -0.05) is 23.8 Å². The van der Waals surface area contributed by atoms with Gasteiger partial charge in [-0.2, -0.15) is 8.42 Å². The molecule has 1 aromatic rings. The smallest absolute Gasteiger partial charge is 0.307 e. The molecule has 19 heavy (non-hydrogen) atoms. The molecule has 1 heterocycles. The van der Waals surface area contributed by atoms with Crippen molar-refractivity contribution in [3.05, 3.63) is 34.9 Å². The van der Waals surface area contributed by atoms with Gasteiger partial charge in [0.05, 0.1) is 0 Å². The summed E-state index contributed by atoms with van der Waals surface area (Å²) in [5.41, 5.74) is 3.07. The second kappa shape index (κ2) is 4.92.